The van der Waals surface area contributed by atoms with Crippen molar-refractivity contribution in [2.24, 2.45) is 3.77 Å². The van der Waals surface area contributed by atoms with Crippen LogP contribution in [0.1, 0.15) is 26.3 Å². The Bertz CT molecular complexity index is 523. The summed E-state index contributed by atoms with van der Waals surface area (Å²) in [4.78, 5) is 0.270. The van der Waals surface area contributed by atoms with Crippen LogP contribution in [0.3, 0.4) is 0 Å². The van der Waals surface area contributed by atoms with Gasteiger partial charge in [0.15, 0.2) is 0 Å². The number of hydrogen-bond acceptors (Lipinski definition) is 2. The van der Waals surface area contributed by atoms with Crippen molar-refractivity contribution >= 4 is 20.7 Å². The van der Waals surface area contributed by atoms with Gasteiger partial charge in [0.2, 0.25) is 0 Å². The maximum Gasteiger partial charge on any atom is 0.287 e. The van der Waals surface area contributed by atoms with Crippen molar-refractivity contribution in [1.29, 1.82) is 0 Å². The Morgan fingerprint density at radius 3 is 2.00 bits per heavy atom. The van der Waals surface area contributed by atoms with Crippen LogP contribution in [-0.4, -0.2) is 19.4 Å². The molecule has 0 aliphatic heterocycles. The molecule has 0 aliphatic rings. The topological polar surface area (TPSA) is 46.5 Å². The highest BCUT2D eigenvalue weighted by atomic mass is 32.3. The summed E-state index contributed by atoms with van der Waals surface area (Å²) in [6.07, 6.45) is 1.85. The van der Waals surface area contributed by atoms with E-state index < -0.39 is 20.7 Å². The van der Waals surface area contributed by atoms with Crippen LogP contribution in [0.25, 0.3) is 0 Å². The fourth-order valence-electron chi connectivity index (χ4n) is 1.01. The van der Waals surface area contributed by atoms with Crippen molar-refractivity contribution in [2.45, 2.75) is 37.3 Å². The summed E-state index contributed by atoms with van der Waals surface area (Å²) in [7, 11) is -4.05. The largest absolute Gasteiger partial charge is 0.287 e. The van der Waals surface area contributed by atoms with E-state index in [2.05, 4.69) is 3.77 Å². The fraction of sp³-hybridized carbons (Fsp3) is 0.500. The quantitative estimate of drug-likeness (QED) is 0.831. The maximum absolute atomic E-state index is 12.0. The van der Waals surface area contributed by atoms with Gasteiger partial charge in [0.25, 0.3) is 10.0 Å². The van der Waals surface area contributed by atoms with E-state index in [-0.39, 0.29) is 9.64 Å². The minimum Gasteiger partial charge on any atom is -0.199 e. The molecule has 0 spiro atoms. The van der Waals surface area contributed by atoms with Crippen molar-refractivity contribution in [2.75, 3.05) is 6.26 Å². The standard InChI is InChI=1S/C12H19NO2S2/c1-10-6-8-11(9-7-10)17(14,15)13-16(5)12(2,3)4/h6-9H,1-5H3/t16-/m1/s1. The molecule has 0 unspecified atom stereocenters. The minimum absolute atomic E-state index is 0.127. The van der Waals surface area contributed by atoms with E-state index in [1.807, 2.05) is 34.0 Å². The molecule has 0 aliphatic carbocycles. The average Bonchev–Trinajstić information content (AvgIpc) is 2.16. The normalized spacial score (nSPS) is 14.9. The number of aryl methyl sites for hydroxylation is 1. The summed E-state index contributed by atoms with van der Waals surface area (Å²) in [6, 6.07) is 6.78. The van der Waals surface area contributed by atoms with Gasteiger partial charge < -0.3 is 0 Å². The first-order valence-electron chi connectivity index (χ1n) is 5.34. The number of rotatable bonds is 2. The Hall–Kier alpha value is -0.680. The van der Waals surface area contributed by atoms with Gasteiger partial charge in [0.05, 0.1) is 4.90 Å². The molecule has 96 valence electrons. The van der Waals surface area contributed by atoms with E-state index >= 15 is 0 Å². The molecule has 3 nitrogen and oxygen atoms in total. The van der Waals surface area contributed by atoms with Crippen molar-refractivity contribution in [3.05, 3.63) is 29.8 Å². The third kappa shape index (κ3) is 3.92. The monoisotopic (exact) mass is 273 g/mol. The molecule has 17 heavy (non-hydrogen) atoms. The van der Waals surface area contributed by atoms with Gasteiger partial charge in [0.1, 0.15) is 0 Å². The van der Waals surface area contributed by atoms with Gasteiger partial charge >= 0.3 is 0 Å². The van der Waals surface area contributed by atoms with Crippen LogP contribution in [0, 0.1) is 6.92 Å². The number of hydrogen-bond donors (Lipinski definition) is 0. The van der Waals surface area contributed by atoms with Crippen LogP contribution >= 0.6 is 0 Å². The molecule has 0 saturated carbocycles. The van der Waals surface area contributed by atoms with E-state index in [4.69, 9.17) is 0 Å². The van der Waals surface area contributed by atoms with Crippen LogP contribution in [0.4, 0.5) is 0 Å². The second-order valence-electron chi connectivity index (χ2n) is 4.95. The van der Waals surface area contributed by atoms with Crippen LogP contribution in [-0.2, 0) is 20.7 Å². The molecule has 0 heterocycles. The summed E-state index contributed by atoms with van der Waals surface area (Å²) in [5.74, 6) is 0. The van der Waals surface area contributed by atoms with Gasteiger partial charge in [-0.3, -0.25) is 0 Å². The molecular formula is C12H19NO2S2. The fourth-order valence-corrected chi connectivity index (χ4v) is 3.91. The lowest BCUT2D eigenvalue weighted by atomic mass is 10.2. The molecule has 0 saturated heterocycles. The summed E-state index contributed by atoms with van der Waals surface area (Å²) in [5.41, 5.74) is 1.04. The SMILES string of the molecule is Cc1ccc(S(=O)(=O)N=[S@](C)C(C)(C)C)cc1. The second-order valence-corrected chi connectivity index (χ2v) is 9.15. The van der Waals surface area contributed by atoms with Crippen LogP contribution in [0.15, 0.2) is 32.9 Å². The number of sulfonamides is 1. The Labute approximate surface area is 106 Å². The molecule has 1 aromatic rings. The molecule has 0 bridgehead atoms. The highest BCUT2D eigenvalue weighted by Gasteiger charge is 2.18. The van der Waals surface area contributed by atoms with E-state index in [0.717, 1.165) is 5.56 Å². The van der Waals surface area contributed by atoms with E-state index in [1.165, 1.54) is 0 Å². The highest BCUT2D eigenvalue weighted by molar-refractivity contribution is 8.00. The first kappa shape index (κ1) is 14.4. The number of nitrogens with zero attached hydrogens (tertiary/aromatic N) is 1. The minimum atomic E-state index is -3.52. The third-order valence-electron chi connectivity index (χ3n) is 2.42. The second kappa shape index (κ2) is 4.90. The van der Waals surface area contributed by atoms with Gasteiger partial charge in [0, 0.05) is 4.75 Å². The molecular weight excluding hydrogens is 254 g/mol. The summed E-state index contributed by atoms with van der Waals surface area (Å²) in [6.45, 7) is 7.89. The third-order valence-corrected chi connectivity index (χ3v) is 6.73. The van der Waals surface area contributed by atoms with Crippen LogP contribution < -0.4 is 0 Å². The predicted molar refractivity (Wildman–Crippen MR) is 73.8 cm³/mol. The zero-order chi connectivity index (χ0) is 13.3. The molecule has 1 atom stereocenters. The van der Waals surface area contributed by atoms with Crippen molar-refractivity contribution < 1.29 is 8.42 Å². The summed E-state index contributed by atoms with van der Waals surface area (Å²) in [5, 5.41) is 0. The lowest BCUT2D eigenvalue weighted by Crippen LogP contribution is -2.21. The highest BCUT2D eigenvalue weighted by Crippen LogP contribution is 2.18. The lowest BCUT2D eigenvalue weighted by Gasteiger charge is -2.18. The molecule has 0 aromatic heterocycles. The van der Waals surface area contributed by atoms with Crippen LogP contribution in [0.2, 0.25) is 0 Å². The molecule has 5 heteroatoms. The smallest absolute Gasteiger partial charge is 0.199 e. The Morgan fingerprint density at radius 1 is 1.12 bits per heavy atom. The van der Waals surface area contributed by atoms with Crippen molar-refractivity contribution in [3.63, 3.8) is 0 Å². The van der Waals surface area contributed by atoms with E-state index in [1.54, 1.807) is 24.3 Å². The average molecular weight is 273 g/mol. The van der Waals surface area contributed by atoms with Gasteiger partial charge in [-0.25, -0.2) is 0 Å². The zero-order valence-corrected chi connectivity index (χ0v) is 12.5. The molecule has 0 N–H and O–H groups in total. The molecule has 0 radical (unpaired) electrons. The summed E-state index contributed by atoms with van der Waals surface area (Å²) >= 11 is 0. The van der Waals surface area contributed by atoms with E-state index in [0.29, 0.717) is 0 Å². The van der Waals surface area contributed by atoms with Crippen molar-refractivity contribution in [1.82, 2.24) is 0 Å². The van der Waals surface area contributed by atoms with Gasteiger partial charge in [-0.2, -0.15) is 8.42 Å². The van der Waals surface area contributed by atoms with Gasteiger partial charge in [-0.05, 0) is 25.3 Å². The molecule has 1 aromatic carbocycles. The van der Waals surface area contributed by atoms with Gasteiger partial charge in [-0.1, -0.05) is 49.2 Å². The Morgan fingerprint density at radius 2 is 1.59 bits per heavy atom. The Balaban J connectivity index is 3.18. The summed E-state index contributed by atoms with van der Waals surface area (Å²) < 4.78 is 27.9. The van der Waals surface area contributed by atoms with Crippen molar-refractivity contribution in [3.8, 4) is 0 Å². The predicted octanol–water partition coefficient (Wildman–Crippen LogP) is 2.91. The molecule has 0 amide bonds. The van der Waals surface area contributed by atoms with E-state index in [9.17, 15) is 8.42 Å². The maximum atomic E-state index is 12.0. The number of benzene rings is 1. The zero-order valence-electron chi connectivity index (χ0n) is 10.9. The Kier molecular flexibility index (Phi) is 4.15. The lowest BCUT2D eigenvalue weighted by molar-refractivity contribution is 0.598. The first-order chi connectivity index (χ1) is 7.63. The molecule has 0 fully saturated rings. The van der Waals surface area contributed by atoms with Gasteiger partial charge in [-0.15, -0.1) is 3.77 Å². The first-order valence-corrected chi connectivity index (χ1v) is 8.37. The molecule has 1 rings (SSSR count). The van der Waals surface area contributed by atoms with Crippen LogP contribution in [0.5, 0.6) is 0 Å².